The van der Waals surface area contributed by atoms with Crippen molar-refractivity contribution in [1.29, 1.82) is 0 Å². The Morgan fingerprint density at radius 3 is 2.00 bits per heavy atom. The third kappa shape index (κ3) is 1.67. The molecule has 2 rings (SSSR count). The molecule has 0 N–H and O–H groups in total. The SMILES string of the molecule is CC.CC1CCCC2(CC2)C1C. The monoisotopic (exact) mass is 168 g/mol. The van der Waals surface area contributed by atoms with Gasteiger partial charge in [-0.1, -0.05) is 40.5 Å². The number of hydrogen-bond donors (Lipinski definition) is 0. The Labute approximate surface area is 77.7 Å². The molecule has 0 aromatic carbocycles. The van der Waals surface area contributed by atoms with Gasteiger partial charge in [-0.3, -0.25) is 0 Å². The molecular weight excluding hydrogens is 144 g/mol. The summed E-state index contributed by atoms with van der Waals surface area (Å²) in [6.07, 6.45) is 7.62. The average molecular weight is 168 g/mol. The molecule has 0 aromatic rings. The van der Waals surface area contributed by atoms with E-state index in [0.29, 0.717) is 0 Å². The van der Waals surface area contributed by atoms with Crippen molar-refractivity contribution in [3.8, 4) is 0 Å². The van der Waals surface area contributed by atoms with Crippen LogP contribution in [0, 0.1) is 17.3 Å². The van der Waals surface area contributed by atoms with Crippen LogP contribution in [0.5, 0.6) is 0 Å². The van der Waals surface area contributed by atoms with Crippen LogP contribution in [0.25, 0.3) is 0 Å². The first-order valence-corrected chi connectivity index (χ1v) is 5.75. The first-order valence-electron chi connectivity index (χ1n) is 5.75. The third-order valence-electron chi connectivity index (χ3n) is 4.05. The molecule has 0 radical (unpaired) electrons. The van der Waals surface area contributed by atoms with Gasteiger partial charge in [-0.15, -0.1) is 0 Å². The van der Waals surface area contributed by atoms with E-state index >= 15 is 0 Å². The van der Waals surface area contributed by atoms with Crippen molar-refractivity contribution in [3.63, 3.8) is 0 Å². The maximum Gasteiger partial charge on any atom is -0.0269 e. The minimum absolute atomic E-state index is 0.859. The Kier molecular flexibility index (Phi) is 3.20. The zero-order chi connectivity index (χ0) is 9.19. The summed E-state index contributed by atoms with van der Waals surface area (Å²) in [5.41, 5.74) is 0.859. The van der Waals surface area contributed by atoms with Gasteiger partial charge in [0, 0.05) is 0 Å². The van der Waals surface area contributed by atoms with E-state index in [-0.39, 0.29) is 0 Å². The zero-order valence-electron chi connectivity index (χ0n) is 9.19. The van der Waals surface area contributed by atoms with Crippen molar-refractivity contribution < 1.29 is 0 Å². The minimum Gasteiger partial charge on any atom is -0.0683 e. The van der Waals surface area contributed by atoms with E-state index in [4.69, 9.17) is 0 Å². The zero-order valence-corrected chi connectivity index (χ0v) is 9.19. The molecule has 0 heterocycles. The lowest BCUT2D eigenvalue weighted by atomic mass is 9.71. The van der Waals surface area contributed by atoms with Gasteiger partial charge in [-0.25, -0.2) is 0 Å². The number of rotatable bonds is 0. The van der Waals surface area contributed by atoms with Gasteiger partial charge in [-0.05, 0) is 36.5 Å². The summed E-state index contributed by atoms with van der Waals surface area (Å²) < 4.78 is 0. The summed E-state index contributed by atoms with van der Waals surface area (Å²) in [6.45, 7) is 8.90. The molecule has 2 aliphatic rings. The van der Waals surface area contributed by atoms with Crippen LogP contribution < -0.4 is 0 Å². The smallest absolute Gasteiger partial charge is 0.0269 e. The van der Waals surface area contributed by atoms with Gasteiger partial charge in [0.15, 0.2) is 0 Å². The molecule has 2 atom stereocenters. The van der Waals surface area contributed by atoms with E-state index < -0.39 is 0 Å². The van der Waals surface area contributed by atoms with E-state index in [1.165, 1.54) is 12.8 Å². The van der Waals surface area contributed by atoms with Gasteiger partial charge >= 0.3 is 0 Å². The first kappa shape index (κ1) is 10.1. The lowest BCUT2D eigenvalue weighted by Gasteiger charge is -2.34. The molecular formula is C12H24. The lowest BCUT2D eigenvalue weighted by Crippen LogP contribution is -2.25. The van der Waals surface area contributed by atoms with Crippen molar-refractivity contribution in [2.75, 3.05) is 0 Å². The van der Waals surface area contributed by atoms with E-state index in [1.54, 1.807) is 19.3 Å². The second kappa shape index (κ2) is 3.81. The van der Waals surface area contributed by atoms with E-state index in [0.717, 1.165) is 17.3 Å². The molecule has 1 spiro atoms. The van der Waals surface area contributed by atoms with E-state index in [2.05, 4.69) is 13.8 Å². The van der Waals surface area contributed by atoms with Crippen molar-refractivity contribution in [3.05, 3.63) is 0 Å². The van der Waals surface area contributed by atoms with Crippen LogP contribution in [0.3, 0.4) is 0 Å². The highest BCUT2D eigenvalue weighted by molar-refractivity contribution is 5.00. The van der Waals surface area contributed by atoms with Crippen LogP contribution in [0.2, 0.25) is 0 Å². The van der Waals surface area contributed by atoms with Gasteiger partial charge in [0.1, 0.15) is 0 Å². The average Bonchev–Trinajstić information content (AvgIpc) is 2.86. The molecule has 2 fully saturated rings. The molecule has 0 saturated heterocycles. The maximum atomic E-state index is 2.47. The fraction of sp³-hybridized carbons (Fsp3) is 1.00. The molecule has 72 valence electrons. The predicted molar refractivity (Wildman–Crippen MR) is 55.2 cm³/mol. The van der Waals surface area contributed by atoms with Gasteiger partial charge in [0.2, 0.25) is 0 Å². The molecule has 2 aliphatic carbocycles. The predicted octanol–water partition coefficient (Wildman–Crippen LogP) is 4.25. The molecule has 0 amide bonds. The first-order chi connectivity index (χ1) is 5.75. The van der Waals surface area contributed by atoms with Crippen molar-refractivity contribution in [1.82, 2.24) is 0 Å². The summed E-state index contributed by atoms with van der Waals surface area (Å²) in [5, 5.41) is 0. The minimum atomic E-state index is 0.859. The second-order valence-corrected chi connectivity index (χ2v) is 4.52. The fourth-order valence-corrected chi connectivity index (χ4v) is 2.72. The molecule has 2 unspecified atom stereocenters. The molecule has 0 aromatic heterocycles. The fourth-order valence-electron chi connectivity index (χ4n) is 2.72. The molecule has 2 saturated carbocycles. The largest absolute Gasteiger partial charge is 0.0683 e. The highest BCUT2D eigenvalue weighted by Gasteiger charge is 2.49. The highest BCUT2D eigenvalue weighted by atomic mass is 14.5. The molecule has 0 bridgehead atoms. The summed E-state index contributed by atoms with van der Waals surface area (Å²) in [5.74, 6) is 2.04. The van der Waals surface area contributed by atoms with Gasteiger partial charge in [0.25, 0.3) is 0 Å². The van der Waals surface area contributed by atoms with E-state index in [1.807, 2.05) is 13.8 Å². The molecule has 0 heteroatoms. The van der Waals surface area contributed by atoms with Crippen LogP contribution >= 0.6 is 0 Å². The van der Waals surface area contributed by atoms with Crippen molar-refractivity contribution >= 4 is 0 Å². The Morgan fingerprint density at radius 1 is 1.00 bits per heavy atom. The normalized spacial score (nSPS) is 37.0. The van der Waals surface area contributed by atoms with Crippen LogP contribution in [0.4, 0.5) is 0 Å². The Hall–Kier alpha value is 0. The standard InChI is InChI=1S/C10H18.C2H6/c1-8-4-3-5-10(6-7-10)9(8)2;1-2/h8-9H,3-7H2,1-2H3;1-2H3. The van der Waals surface area contributed by atoms with E-state index in [9.17, 15) is 0 Å². The summed E-state index contributed by atoms with van der Waals surface area (Å²) in [6, 6.07) is 0. The molecule has 0 nitrogen and oxygen atoms in total. The summed E-state index contributed by atoms with van der Waals surface area (Å²) >= 11 is 0. The van der Waals surface area contributed by atoms with Crippen LogP contribution in [-0.4, -0.2) is 0 Å². The van der Waals surface area contributed by atoms with Crippen LogP contribution in [0.1, 0.15) is 59.8 Å². The van der Waals surface area contributed by atoms with Gasteiger partial charge < -0.3 is 0 Å². The lowest BCUT2D eigenvalue weighted by molar-refractivity contribution is 0.161. The summed E-state index contributed by atoms with van der Waals surface area (Å²) in [4.78, 5) is 0. The topological polar surface area (TPSA) is 0 Å². The quantitative estimate of drug-likeness (QED) is 0.507. The van der Waals surface area contributed by atoms with Crippen LogP contribution in [0.15, 0.2) is 0 Å². The van der Waals surface area contributed by atoms with Crippen molar-refractivity contribution in [2.24, 2.45) is 17.3 Å². The second-order valence-electron chi connectivity index (χ2n) is 4.52. The molecule has 0 aliphatic heterocycles. The number of hydrogen-bond acceptors (Lipinski definition) is 0. The Balaban J connectivity index is 0.000000336. The molecule has 12 heavy (non-hydrogen) atoms. The van der Waals surface area contributed by atoms with Crippen LogP contribution in [-0.2, 0) is 0 Å². The van der Waals surface area contributed by atoms with Gasteiger partial charge in [-0.2, -0.15) is 0 Å². The maximum absolute atomic E-state index is 2.47. The Bertz CT molecular complexity index is 133. The van der Waals surface area contributed by atoms with Crippen molar-refractivity contribution in [2.45, 2.75) is 59.8 Å². The Morgan fingerprint density at radius 2 is 1.58 bits per heavy atom. The summed E-state index contributed by atoms with van der Waals surface area (Å²) in [7, 11) is 0. The highest BCUT2D eigenvalue weighted by Crippen LogP contribution is 2.60. The van der Waals surface area contributed by atoms with Gasteiger partial charge in [0.05, 0.1) is 0 Å². The third-order valence-corrected chi connectivity index (χ3v) is 4.05.